The highest BCUT2D eigenvalue weighted by molar-refractivity contribution is 5.92. The van der Waals surface area contributed by atoms with Crippen molar-refractivity contribution in [3.05, 3.63) is 53.0 Å². The third-order valence-electron chi connectivity index (χ3n) is 4.36. The molecule has 1 aliphatic rings. The molecular formula is C18H22N4O2. The standard InChI is InChI=1S/C18H22N4O2/c1-5-14-15(17(23)24-4)16(22-18(21-14)19-10-20-22)13-8-6-12(7-9-13)11(2)3/h6-11,16H,5H2,1-4H3,(H,19,20,21). The fraction of sp³-hybridized carbons (Fsp3) is 0.389. The average Bonchev–Trinajstić information content (AvgIpc) is 3.07. The maximum Gasteiger partial charge on any atom is 0.338 e. The minimum Gasteiger partial charge on any atom is -0.466 e. The number of benzene rings is 1. The van der Waals surface area contributed by atoms with E-state index >= 15 is 0 Å². The van der Waals surface area contributed by atoms with Crippen molar-refractivity contribution in [2.24, 2.45) is 0 Å². The van der Waals surface area contributed by atoms with Crippen molar-refractivity contribution in [2.75, 3.05) is 12.4 Å². The molecule has 6 nitrogen and oxygen atoms in total. The lowest BCUT2D eigenvalue weighted by Crippen LogP contribution is -2.30. The molecule has 0 fully saturated rings. The number of ether oxygens (including phenoxy) is 1. The molecule has 2 aromatic rings. The number of hydrogen-bond acceptors (Lipinski definition) is 5. The van der Waals surface area contributed by atoms with Crippen LogP contribution in [0.4, 0.5) is 5.95 Å². The van der Waals surface area contributed by atoms with E-state index in [0.717, 1.165) is 11.3 Å². The topological polar surface area (TPSA) is 69.0 Å². The quantitative estimate of drug-likeness (QED) is 0.874. The average molecular weight is 326 g/mol. The molecule has 0 amide bonds. The van der Waals surface area contributed by atoms with Crippen molar-refractivity contribution in [3.8, 4) is 0 Å². The van der Waals surface area contributed by atoms with Crippen molar-refractivity contribution in [3.63, 3.8) is 0 Å². The molecule has 3 rings (SSSR count). The Kier molecular flexibility index (Phi) is 4.38. The Balaban J connectivity index is 2.14. The van der Waals surface area contributed by atoms with Crippen LogP contribution in [0.2, 0.25) is 0 Å². The van der Waals surface area contributed by atoms with Crippen LogP contribution in [-0.4, -0.2) is 27.8 Å². The maximum atomic E-state index is 12.4. The zero-order valence-corrected chi connectivity index (χ0v) is 14.4. The van der Waals surface area contributed by atoms with Crippen molar-refractivity contribution in [1.29, 1.82) is 0 Å². The zero-order chi connectivity index (χ0) is 17.3. The number of allylic oxidation sites excluding steroid dienone is 1. The fourth-order valence-corrected chi connectivity index (χ4v) is 3.01. The van der Waals surface area contributed by atoms with Crippen molar-refractivity contribution in [1.82, 2.24) is 14.8 Å². The van der Waals surface area contributed by atoms with E-state index in [1.54, 1.807) is 4.68 Å². The van der Waals surface area contributed by atoms with E-state index in [0.29, 0.717) is 23.9 Å². The SMILES string of the molecule is CCC1=C(C(=O)OC)C(c2ccc(C(C)C)cc2)n2ncnc2N1. The van der Waals surface area contributed by atoms with Crippen LogP contribution in [-0.2, 0) is 9.53 Å². The molecule has 1 unspecified atom stereocenters. The number of carbonyl (C=O) groups is 1. The first-order chi connectivity index (χ1) is 11.6. The van der Waals surface area contributed by atoms with E-state index in [2.05, 4.69) is 41.4 Å². The second-order valence-electron chi connectivity index (χ2n) is 6.11. The van der Waals surface area contributed by atoms with Gasteiger partial charge in [0.05, 0.1) is 12.7 Å². The van der Waals surface area contributed by atoms with Gasteiger partial charge in [-0.15, -0.1) is 0 Å². The molecule has 6 heteroatoms. The summed E-state index contributed by atoms with van der Waals surface area (Å²) >= 11 is 0. The molecular weight excluding hydrogens is 304 g/mol. The van der Waals surface area contributed by atoms with Gasteiger partial charge in [-0.2, -0.15) is 10.1 Å². The summed E-state index contributed by atoms with van der Waals surface area (Å²) in [6.45, 7) is 6.31. The molecule has 0 aliphatic carbocycles. The lowest BCUT2D eigenvalue weighted by atomic mass is 9.92. The van der Waals surface area contributed by atoms with Crippen molar-refractivity contribution >= 4 is 11.9 Å². The Morgan fingerprint density at radius 2 is 2.04 bits per heavy atom. The number of anilines is 1. The highest BCUT2D eigenvalue weighted by Gasteiger charge is 2.34. The van der Waals surface area contributed by atoms with E-state index in [9.17, 15) is 4.79 Å². The largest absolute Gasteiger partial charge is 0.466 e. The molecule has 1 aliphatic heterocycles. The second kappa shape index (κ2) is 6.47. The Bertz CT molecular complexity index is 775. The minimum atomic E-state index is -0.349. The van der Waals surface area contributed by atoms with Gasteiger partial charge < -0.3 is 10.1 Å². The van der Waals surface area contributed by atoms with Crippen LogP contribution in [0.1, 0.15) is 50.3 Å². The number of fused-ring (bicyclic) bond motifs is 1. The summed E-state index contributed by atoms with van der Waals surface area (Å²) < 4.78 is 6.76. The highest BCUT2D eigenvalue weighted by atomic mass is 16.5. The lowest BCUT2D eigenvalue weighted by Gasteiger charge is -2.29. The third-order valence-corrected chi connectivity index (χ3v) is 4.36. The number of aromatic nitrogens is 3. The van der Waals surface area contributed by atoms with Gasteiger partial charge in [0, 0.05) is 5.70 Å². The minimum absolute atomic E-state index is 0.340. The third kappa shape index (κ3) is 2.68. The molecule has 1 aromatic carbocycles. The number of carbonyl (C=O) groups excluding carboxylic acids is 1. The molecule has 24 heavy (non-hydrogen) atoms. The number of methoxy groups -OCH3 is 1. The van der Waals surface area contributed by atoms with E-state index in [1.165, 1.54) is 19.0 Å². The number of nitrogens with zero attached hydrogens (tertiary/aromatic N) is 3. The zero-order valence-electron chi connectivity index (χ0n) is 14.4. The summed E-state index contributed by atoms with van der Waals surface area (Å²) in [6.07, 6.45) is 2.17. The van der Waals surface area contributed by atoms with Crippen LogP contribution >= 0.6 is 0 Å². The highest BCUT2D eigenvalue weighted by Crippen LogP contribution is 2.36. The van der Waals surface area contributed by atoms with Gasteiger partial charge in [0.25, 0.3) is 0 Å². The summed E-state index contributed by atoms with van der Waals surface area (Å²) in [6, 6.07) is 7.95. The smallest absolute Gasteiger partial charge is 0.338 e. The predicted molar refractivity (Wildman–Crippen MR) is 91.6 cm³/mol. The van der Waals surface area contributed by atoms with Gasteiger partial charge in [0.1, 0.15) is 12.4 Å². The summed E-state index contributed by atoms with van der Waals surface area (Å²) in [4.78, 5) is 16.7. The van der Waals surface area contributed by atoms with Gasteiger partial charge in [-0.25, -0.2) is 9.48 Å². The molecule has 0 saturated carbocycles. The first kappa shape index (κ1) is 16.2. The van der Waals surface area contributed by atoms with Gasteiger partial charge in [0.15, 0.2) is 0 Å². The van der Waals surface area contributed by atoms with E-state index < -0.39 is 0 Å². The van der Waals surface area contributed by atoms with E-state index in [-0.39, 0.29) is 12.0 Å². The lowest BCUT2D eigenvalue weighted by molar-refractivity contribution is -0.136. The van der Waals surface area contributed by atoms with Crippen LogP contribution in [0.15, 0.2) is 41.9 Å². The van der Waals surface area contributed by atoms with Crippen LogP contribution in [0.3, 0.4) is 0 Å². The predicted octanol–water partition coefficient (Wildman–Crippen LogP) is 3.25. The van der Waals surface area contributed by atoms with Gasteiger partial charge in [-0.3, -0.25) is 0 Å². The summed E-state index contributed by atoms with van der Waals surface area (Å²) in [5.74, 6) is 0.742. The molecule has 0 radical (unpaired) electrons. The number of hydrogen-bond donors (Lipinski definition) is 1. The molecule has 2 heterocycles. The molecule has 0 bridgehead atoms. The van der Waals surface area contributed by atoms with Gasteiger partial charge in [0.2, 0.25) is 5.95 Å². The Hall–Kier alpha value is -2.63. The number of rotatable bonds is 4. The van der Waals surface area contributed by atoms with Gasteiger partial charge in [-0.05, 0) is 23.5 Å². The fourth-order valence-electron chi connectivity index (χ4n) is 3.01. The first-order valence-corrected chi connectivity index (χ1v) is 8.14. The van der Waals surface area contributed by atoms with E-state index in [4.69, 9.17) is 4.74 Å². The molecule has 1 N–H and O–H groups in total. The number of nitrogens with one attached hydrogen (secondary N) is 1. The molecule has 0 spiro atoms. The Morgan fingerprint density at radius 1 is 1.33 bits per heavy atom. The Morgan fingerprint density at radius 3 is 2.62 bits per heavy atom. The summed E-state index contributed by atoms with van der Waals surface area (Å²) in [5.41, 5.74) is 3.64. The van der Waals surface area contributed by atoms with Crippen LogP contribution < -0.4 is 5.32 Å². The van der Waals surface area contributed by atoms with E-state index in [1.807, 2.05) is 19.1 Å². The summed E-state index contributed by atoms with van der Waals surface area (Å²) in [5, 5.41) is 7.50. The van der Waals surface area contributed by atoms with Crippen molar-refractivity contribution < 1.29 is 9.53 Å². The van der Waals surface area contributed by atoms with Gasteiger partial charge in [-0.1, -0.05) is 45.0 Å². The van der Waals surface area contributed by atoms with Crippen molar-refractivity contribution in [2.45, 2.75) is 39.2 Å². The summed E-state index contributed by atoms with van der Waals surface area (Å²) in [7, 11) is 1.40. The van der Waals surface area contributed by atoms with Crippen LogP contribution in [0.25, 0.3) is 0 Å². The van der Waals surface area contributed by atoms with Crippen LogP contribution in [0, 0.1) is 0 Å². The molecule has 126 valence electrons. The molecule has 0 saturated heterocycles. The van der Waals surface area contributed by atoms with Gasteiger partial charge >= 0.3 is 5.97 Å². The maximum absolute atomic E-state index is 12.4. The normalized spacial score (nSPS) is 16.8. The first-order valence-electron chi connectivity index (χ1n) is 8.14. The second-order valence-corrected chi connectivity index (χ2v) is 6.11. The molecule has 1 atom stereocenters. The Labute approximate surface area is 141 Å². The molecule has 1 aromatic heterocycles. The monoisotopic (exact) mass is 326 g/mol. The van der Waals surface area contributed by atoms with Crippen LogP contribution in [0.5, 0.6) is 0 Å². The number of esters is 1.